The van der Waals surface area contributed by atoms with Gasteiger partial charge in [-0.1, -0.05) is 13.8 Å². The number of aryl methyl sites for hydroxylation is 1. The first kappa shape index (κ1) is 26.5. The molecular formula is C26H31FN8O4. The van der Waals surface area contributed by atoms with E-state index in [-0.39, 0.29) is 47.5 Å². The predicted molar refractivity (Wildman–Crippen MR) is 142 cm³/mol. The van der Waals surface area contributed by atoms with E-state index in [1.807, 2.05) is 13.8 Å². The van der Waals surface area contributed by atoms with E-state index < -0.39 is 11.5 Å². The molecule has 4 heterocycles. The quantitative estimate of drug-likeness (QED) is 0.290. The predicted octanol–water partition coefficient (Wildman–Crippen LogP) is 2.73. The van der Waals surface area contributed by atoms with Crippen LogP contribution in [0.15, 0.2) is 34.0 Å². The van der Waals surface area contributed by atoms with Crippen molar-refractivity contribution in [3.05, 3.63) is 56.7 Å². The van der Waals surface area contributed by atoms with E-state index in [2.05, 4.69) is 15.0 Å². The van der Waals surface area contributed by atoms with E-state index in [9.17, 15) is 18.8 Å². The molecule has 4 aromatic rings. The molecule has 0 saturated heterocycles. The number of carbonyl (C=O) groups is 1. The number of nitrogens with one attached hydrogen (secondary N) is 1. The van der Waals surface area contributed by atoms with Crippen LogP contribution in [0.1, 0.15) is 55.9 Å². The van der Waals surface area contributed by atoms with E-state index in [1.165, 1.54) is 26.3 Å². The van der Waals surface area contributed by atoms with Crippen LogP contribution in [0.4, 0.5) is 10.2 Å². The lowest BCUT2D eigenvalue weighted by atomic mass is 10.2. The molecule has 5 rings (SSSR count). The number of hydrogen-bond acceptors (Lipinski definition) is 7. The van der Waals surface area contributed by atoms with Crippen molar-refractivity contribution in [1.82, 2.24) is 33.9 Å². The Bertz CT molecular complexity index is 1610. The third-order valence-corrected chi connectivity index (χ3v) is 6.62. The van der Waals surface area contributed by atoms with Gasteiger partial charge >= 0.3 is 5.69 Å². The number of amides is 1. The Kier molecular flexibility index (Phi) is 7.42. The Morgan fingerprint density at radius 1 is 1.18 bits per heavy atom. The Morgan fingerprint density at radius 3 is 2.56 bits per heavy atom. The first-order valence-electron chi connectivity index (χ1n) is 13.1. The molecule has 1 aliphatic rings. The first-order chi connectivity index (χ1) is 18.9. The van der Waals surface area contributed by atoms with Crippen LogP contribution in [-0.2, 0) is 17.8 Å². The van der Waals surface area contributed by atoms with Crippen molar-refractivity contribution in [2.45, 2.75) is 58.7 Å². The number of ether oxygens (including phenoxy) is 1. The smallest absolute Gasteiger partial charge is 0.332 e. The van der Waals surface area contributed by atoms with Gasteiger partial charge in [0.1, 0.15) is 17.0 Å². The number of fused-ring (bicyclic) bond motifs is 1. The van der Waals surface area contributed by atoms with Crippen LogP contribution in [0.3, 0.4) is 0 Å². The molecule has 4 aromatic heterocycles. The van der Waals surface area contributed by atoms with Gasteiger partial charge in [0, 0.05) is 32.5 Å². The molecule has 1 amide bonds. The van der Waals surface area contributed by atoms with Crippen LogP contribution in [0.25, 0.3) is 22.7 Å². The third-order valence-electron chi connectivity index (χ3n) is 6.62. The molecule has 1 N–H and O–H groups in total. The molecule has 1 fully saturated rings. The number of aromatic nitrogens is 7. The minimum Gasteiger partial charge on any atom is -0.383 e. The fourth-order valence-corrected chi connectivity index (χ4v) is 4.58. The zero-order chi connectivity index (χ0) is 27.7. The number of nitrogens with zero attached hydrogens (tertiary/aromatic N) is 7. The van der Waals surface area contributed by atoms with Gasteiger partial charge in [-0.05, 0) is 37.8 Å². The number of halogens is 1. The van der Waals surface area contributed by atoms with Gasteiger partial charge in [-0.25, -0.2) is 19.4 Å². The summed E-state index contributed by atoms with van der Waals surface area (Å²) in [5.74, 6) is -0.209. The highest BCUT2D eigenvalue weighted by Gasteiger charge is 2.32. The van der Waals surface area contributed by atoms with Gasteiger partial charge in [-0.2, -0.15) is 9.49 Å². The molecule has 0 atom stereocenters. The Labute approximate surface area is 223 Å². The van der Waals surface area contributed by atoms with Crippen molar-refractivity contribution >= 4 is 22.9 Å². The largest absolute Gasteiger partial charge is 0.383 e. The highest BCUT2D eigenvalue weighted by molar-refractivity contribution is 6.05. The van der Waals surface area contributed by atoms with Crippen molar-refractivity contribution in [2.24, 2.45) is 0 Å². The van der Waals surface area contributed by atoms with Gasteiger partial charge in [-0.3, -0.25) is 23.6 Å². The maximum atomic E-state index is 13.5. The zero-order valence-corrected chi connectivity index (χ0v) is 22.2. The second-order valence-corrected chi connectivity index (χ2v) is 9.56. The van der Waals surface area contributed by atoms with E-state index in [4.69, 9.17) is 9.84 Å². The Hall–Kier alpha value is -4.13. The maximum Gasteiger partial charge on any atom is 0.332 e. The normalized spacial score (nSPS) is 13.3. The van der Waals surface area contributed by atoms with Crippen molar-refractivity contribution in [3.8, 4) is 11.5 Å². The van der Waals surface area contributed by atoms with Gasteiger partial charge in [0.05, 0.1) is 24.8 Å². The Morgan fingerprint density at radius 2 is 1.92 bits per heavy atom. The summed E-state index contributed by atoms with van der Waals surface area (Å²) < 4.78 is 23.2. The summed E-state index contributed by atoms with van der Waals surface area (Å²) in [4.78, 5) is 52.6. The number of anilines is 1. The van der Waals surface area contributed by atoms with Crippen LogP contribution in [-0.4, -0.2) is 60.0 Å². The highest BCUT2D eigenvalue weighted by Crippen LogP contribution is 2.39. The van der Waals surface area contributed by atoms with E-state index in [1.54, 1.807) is 17.9 Å². The number of H-pyrrole nitrogens is 1. The van der Waals surface area contributed by atoms with E-state index >= 15 is 0 Å². The number of hydrogen-bond donors (Lipinski definition) is 1. The molecule has 1 aliphatic carbocycles. The lowest BCUT2D eigenvalue weighted by molar-refractivity contribution is 0.0973. The van der Waals surface area contributed by atoms with Crippen LogP contribution in [0.2, 0.25) is 0 Å². The second kappa shape index (κ2) is 10.9. The average Bonchev–Trinajstić information content (AvgIpc) is 3.53. The Balaban J connectivity index is 1.63. The SMILES string of the molecule is CCCn1c(=O)c2[nH]c(-c3cc(N(CCOC)C(=O)c4ccc(F)nc4)n(C4CC4)n3)nc2n(CCC)c1=O. The highest BCUT2D eigenvalue weighted by atomic mass is 19.1. The molecule has 0 aliphatic heterocycles. The molecule has 1 saturated carbocycles. The molecule has 39 heavy (non-hydrogen) atoms. The van der Waals surface area contributed by atoms with Gasteiger partial charge in [0.15, 0.2) is 11.5 Å². The minimum absolute atomic E-state index is 0.0994. The monoisotopic (exact) mass is 538 g/mol. The van der Waals surface area contributed by atoms with Crippen LogP contribution in [0.5, 0.6) is 0 Å². The summed E-state index contributed by atoms with van der Waals surface area (Å²) in [6, 6.07) is 4.35. The van der Waals surface area contributed by atoms with Gasteiger partial charge in [0.2, 0.25) is 5.95 Å². The van der Waals surface area contributed by atoms with Crippen LogP contribution < -0.4 is 16.1 Å². The molecule has 206 valence electrons. The molecule has 0 unspecified atom stereocenters. The van der Waals surface area contributed by atoms with E-state index in [0.29, 0.717) is 43.3 Å². The van der Waals surface area contributed by atoms with E-state index in [0.717, 1.165) is 18.9 Å². The molecule has 13 heteroatoms. The fraction of sp³-hybridized carbons (Fsp3) is 0.462. The number of methoxy groups -OCH3 is 1. The van der Waals surface area contributed by atoms with Crippen molar-refractivity contribution < 1.29 is 13.9 Å². The van der Waals surface area contributed by atoms with Gasteiger partial charge in [-0.15, -0.1) is 0 Å². The van der Waals surface area contributed by atoms with Gasteiger partial charge in [0.25, 0.3) is 11.5 Å². The van der Waals surface area contributed by atoms with Crippen molar-refractivity contribution in [1.29, 1.82) is 0 Å². The number of pyridine rings is 1. The number of imidazole rings is 1. The fourth-order valence-electron chi connectivity index (χ4n) is 4.58. The molecule has 0 radical (unpaired) electrons. The summed E-state index contributed by atoms with van der Waals surface area (Å²) in [7, 11) is 1.54. The number of rotatable bonds is 11. The molecule has 0 aromatic carbocycles. The summed E-state index contributed by atoms with van der Waals surface area (Å²) in [6.45, 7) is 5.06. The second-order valence-electron chi connectivity index (χ2n) is 9.56. The lowest BCUT2D eigenvalue weighted by Gasteiger charge is -2.23. The van der Waals surface area contributed by atoms with Crippen molar-refractivity contribution in [3.63, 3.8) is 0 Å². The first-order valence-corrected chi connectivity index (χ1v) is 13.1. The molecule has 0 bridgehead atoms. The standard InChI is InChI=1S/C26H31FN8O4/c1-4-10-33-23-21(25(37)34(11-5-2)26(33)38)29-22(30-23)18-14-20(35(31-18)17-7-8-17)32(12-13-39-3)24(36)16-6-9-19(27)28-15-16/h6,9,14-15,17H,4-5,7-8,10-13H2,1-3H3,(H,29,30). The topological polar surface area (TPSA) is 133 Å². The summed E-state index contributed by atoms with van der Waals surface area (Å²) in [6.07, 6.45) is 4.32. The van der Waals surface area contributed by atoms with Crippen LogP contribution in [0, 0.1) is 5.95 Å². The summed E-state index contributed by atoms with van der Waals surface area (Å²) >= 11 is 0. The summed E-state index contributed by atoms with van der Waals surface area (Å²) in [5.41, 5.74) is 0.354. The summed E-state index contributed by atoms with van der Waals surface area (Å²) in [5, 5.41) is 4.76. The maximum absolute atomic E-state index is 13.5. The lowest BCUT2D eigenvalue weighted by Crippen LogP contribution is -2.40. The number of carbonyl (C=O) groups excluding carboxylic acids is 1. The minimum atomic E-state index is -0.676. The third kappa shape index (κ3) is 5.01. The molecule has 0 spiro atoms. The molecular weight excluding hydrogens is 507 g/mol. The van der Waals surface area contributed by atoms with Gasteiger partial charge < -0.3 is 9.72 Å². The zero-order valence-electron chi connectivity index (χ0n) is 22.2. The van der Waals surface area contributed by atoms with Crippen LogP contribution >= 0.6 is 0 Å². The average molecular weight is 539 g/mol. The van der Waals surface area contributed by atoms with Crippen molar-refractivity contribution in [2.75, 3.05) is 25.2 Å². The molecule has 12 nitrogen and oxygen atoms in total. The number of aromatic amines is 1.